The molecule has 0 unspecified atom stereocenters. The minimum atomic E-state index is -0.00454. The van der Waals surface area contributed by atoms with E-state index in [9.17, 15) is 4.79 Å². The minimum absolute atomic E-state index is 0.00454. The zero-order valence-corrected chi connectivity index (χ0v) is 18.5. The van der Waals surface area contributed by atoms with Crippen molar-refractivity contribution in [3.8, 4) is 16.5 Å². The fraction of sp³-hybridized carbons (Fsp3) is 0.292. The number of rotatable bonds is 4. The molecule has 4 heterocycles. The SMILES string of the molecule is Cc1nc(C(=O)N2CCCC[C@H]2Cc2cn3cnc(C#N)cc3n2)c(-c2ccccc2)s1. The van der Waals surface area contributed by atoms with Gasteiger partial charge in [-0.15, -0.1) is 11.3 Å². The average molecular weight is 443 g/mol. The molecule has 160 valence electrons. The van der Waals surface area contributed by atoms with E-state index in [0.29, 0.717) is 23.5 Å². The molecule has 0 spiro atoms. The number of carbonyl (C=O) groups is 1. The van der Waals surface area contributed by atoms with E-state index in [1.54, 1.807) is 23.7 Å². The quantitative estimate of drug-likeness (QED) is 0.471. The molecule has 5 rings (SSSR count). The molecule has 0 radical (unpaired) electrons. The summed E-state index contributed by atoms with van der Waals surface area (Å²) >= 11 is 1.56. The lowest BCUT2D eigenvalue weighted by Gasteiger charge is -2.35. The Morgan fingerprint density at radius 2 is 2.09 bits per heavy atom. The van der Waals surface area contributed by atoms with Crippen LogP contribution in [0.4, 0.5) is 0 Å². The zero-order valence-electron chi connectivity index (χ0n) is 17.7. The first-order valence-electron chi connectivity index (χ1n) is 10.7. The number of likely N-dealkylation sites (tertiary alicyclic amines) is 1. The van der Waals surface area contributed by atoms with E-state index in [-0.39, 0.29) is 11.9 Å². The number of benzene rings is 1. The van der Waals surface area contributed by atoms with E-state index in [0.717, 1.165) is 46.9 Å². The first-order valence-corrected chi connectivity index (χ1v) is 11.5. The van der Waals surface area contributed by atoms with Crippen LogP contribution in [0.1, 0.15) is 46.1 Å². The van der Waals surface area contributed by atoms with E-state index < -0.39 is 0 Å². The van der Waals surface area contributed by atoms with Gasteiger partial charge in [-0.1, -0.05) is 30.3 Å². The average Bonchev–Trinajstić information content (AvgIpc) is 3.41. The standard InChI is InChI=1S/C24H22N6OS/c1-16-27-22(23(32-16)17-7-3-2-4-8-17)24(31)30-10-6-5-9-20(30)11-19-14-29-15-26-18(13-25)12-21(29)28-19/h2-4,7-8,12,14-15,20H,5-6,9-11H2,1H3/t20-/m0/s1. The van der Waals surface area contributed by atoms with Crippen LogP contribution in [0.5, 0.6) is 0 Å². The molecule has 32 heavy (non-hydrogen) atoms. The van der Waals surface area contributed by atoms with E-state index in [1.807, 2.05) is 58.8 Å². The van der Waals surface area contributed by atoms with Gasteiger partial charge in [0.2, 0.25) is 0 Å². The summed E-state index contributed by atoms with van der Waals surface area (Å²) in [5.74, 6) is -0.00454. The zero-order chi connectivity index (χ0) is 22.1. The summed E-state index contributed by atoms with van der Waals surface area (Å²) in [6.07, 6.45) is 7.22. The highest BCUT2D eigenvalue weighted by Crippen LogP contribution is 2.32. The summed E-state index contributed by atoms with van der Waals surface area (Å²) in [5, 5.41) is 9.97. The normalized spacial score (nSPS) is 16.2. The Morgan fingerprint density at radius 3 is 2.91 bits per heavy atom. The molecule has 8 heteroatoms. The van der Waals surface area contributed by atoms with Gasteiger partial charge < -0.3 is 4.90 Å². The third-order valence-electron chi connectivity index (χ3n) is 5.82. The molecule has 0 N–H and O–H groups in total. The van der Waals surface area contributed by atoms with Crippen LogP contribution in [0, 0.1) is 18.3 Å². The topological polar surface area (TPSA) is 87.2 Å². The van der Waals surface area contributed by atoms with Crippen LogP contribution in [-0.2, 0) is 6.42 Å². The molecular formula is C24H22N6OS. The molecule has 4 aromatic rings. The Labute approximate surface area is 190 Å². The molecule has 3 aromatic heterocycles. The van der Waals surface area contributed by atoms with Crippen LogP contribution in [-0.4, -0.2) is 42.7 Å². The van der Waals surface area contributed by atoms with Crippen molar-refractivity contribution in [1.29, 1.82) is 5.26 Å². The van der Waals surface area contributed by atoms with Gasteiger partial charge in [-0.25, -0.2) is 15.0 Å². The second-order valence-corrected chi connectivity index (χ2v) is 9.22. The number of carbonyl (C=O) groups excluding carboxylic acids is 1. The second kappa shape index (κ2) is 8.52. The Balaban J connectivity index is 1.43. The number of nitrogens with zero attached hydrogens (tertiary/aromatic N) is 6. The van der Waals surface area contributed by atoms with Crippen molar-refractivity contribution in [3.63, 3.8) is 0 Å². The molecule has 1 atom stereocenters. The van der Waals surface area contributed by atoms with Gasteiger partial charge in [0, 0.05) is 31.3 Å². The fourth-order valence-corrected chi connectivity index (χ4v) is 5.23. The molecule has 1 aliphatic heterocycles. The van der Waals surface area contributed by atoms with Crippen molar-refractivity contribution in [2.24, 2.45) is 0 Å². The molecule has 0 saturated carbocycles. The number of aromatic nitrogens is 4. The van der Waals surface area contributed by atoms with Crippen LogP contribution < -0.4 is 0 Å². The van der Waals surface area contributed by atoms with Gasteiger partial charge in [-0.2, -0.15) is 5.26 Å². The third kappa shape index (κ3) is 3.87. The number of hydrogen-bond donors (Lipinski definition) is 0. The highest BCUT2D eigenvalue weighted by atomic mass is 32.1. The van der Waals surface area contributed by atoms with Crippen LogP contribution in [0.2, 0.25) is 0 Å². The number of piperidine rings is 1. The Bertz CT molecular complexity index is 1320. The van der Waals surface area contributed by atoms with E-state index >= 15 is 0 Å². The molecule has 1 fully saturated rings. The van der Waals surface area contributed by atoms with Crippen LogP contribution >= 0.6 is 11.3 Å². The van der Waals surface area contributed by atoms with E-state index in [2.05, 4.69) is 15.0 Å². The van der Waals surface area contributed by atoms with Crippen molar-refractivity contribution >= 4 is 22.9 Å². The largest absolute Gasteiger partial charge is 0.334 e. The third-order valence-corrected chi connectivity index (χ3v) is 6.84. The van der Waals surface area contributed by atoms with Gasteiger partial charge in [0.1, 0.15) is 29.4 Å². The summed E-state index contributed by atoms with van der Waals surface area (Å²) in [6, 6.07) is 13.8. The predicted octanol–water partition coefficient (Wildman–Crippen LogP) is 4.27. The lowest BCUT2D eigenvalue weighted by Crippen LogP contribution is -2.45. The lowest BCUT2D eigenvalue weighted by atomic mass is 9.97. The maximum Gasteiger partial charge on any atom is 0.274 e. The number of fused-ring (bicyclic) bond motifs is 1. The number of nitriles is 1. The number of aryl methyl sites for hydroxylation is 1. The van der Waals surface area contributed by atoms with Crippen molar-refractivity contribution < 1.29 is 4.79 Å². The highest BCUT2D eigenvalue weighted by molar-refractivity contribution is 7.15. The van der Waals surface area contributed by atoms with Crippen molar-refractivity contribution in [2.45, 2.75) is 38.6 Å². The fourth-order valence-electron chi connectivity index (χ4n) is 4.32. The van der Waals surface area contributed by atoms with Crippen molar-refractivity contribution in [1.82, 2.24) is 24.3 Å². The van der Waals surface area contributed by atoms with Crippen LogP contribution in [0.15, 0.2) is 48.9 Å². The van der Waals surface area contributed by atoms with Gasteiger partial charge in [-0.05, 0) is 31.7 Å². The molecule has 1 aliphatic rings. The summed E-state index contributed by atoms with van der Waals surface area (Å²) in [6.45, 7) is 2.67. The molecule has 1 saturated heterocycles. The van der Waals surface area contributed by atoms with Gasteiger partial charge in [0.25, 0.3) is 5.91 Å². The molecule has 7 nitrogen and oxygen atoms in total. The number of amides is 1. The molecular weight excluding hydrogens is 420 g/mol. The maximum atomic E-state index is 13.7. The molecule has 1 aromatic carbocycles. The van der Waals surface area contributed by atoms with E-state index in [4.69, 9.17) is 5.26 Å². The van der Waals surface area contributed by atoms with Crippen molar-refractivity contribution in [2.75, 3.05) is 6.54 Å². The smallest absolute Gasteiger partial charge is 0.274 e. The lowest BCUT2D eigenvalue weighted by molar-refractivity contribution is 0.0608. The maximum absolute atomic E-state index is 13.7. The summed E-state index contributed by atoms with van der Waals surface area (Å²) in [4.78, 5) is 30.0. The number of thiazole rings is 1. The highest BCUT2D eigenvalue weighted by Gasteiger charge is 2.31. The Morgan fingerprint density at radius 1 is 1.25 bits per heavy atom. The number of imidazole rings is 1. The van der Waals surface area contributed by atoms with E-state index in [1.165, 1.54) is 0 Å². The first kappa shape index (κ1) is 20.3. The molecule has 1 amide bonds. The van der Waals surface area contributed by atoms with Crippen molar-refractivity contribution in [3.05, 3.63) is 71.0 Å². The predicted molar refractivity (Wildman–Crippen MR) is 122 cm³/mol. The Hall–Kier alpha value is -3.57. The number of hydrogen-bond acceptors (Lipinski definition) is 6. The van der Waals surface area contributed by atoms with Crippen LogP contribution in [0.3, 0.4) is 0 Å². The minimum Gasteiger partial charge on any atom is -0.334 e. The molecule has 0 bridgehead atoms. The monoisotopic (exact) mass is 442 g/mol. The van der Waals surface area contributed by atoms with Gasteiger partial charge >= 0.3 is 0 Å². The second-order valence-electron chi connectivity index (χ2n) is 8.01. The molecule has 0 aliphatic carbocycles. The van der Waals surface area contributed by atoms with Gasteiger partial charge in [-0.3, -0.25) is 9.20 Å². The Kier molecular flexibility index (Phi) is 5.41. The summed E-state index contributed by atoms with van der Waals surface area (Å²) < 4.78 is 1.82. The summed E-state index contributed by atoms with van der Waals surface area (Å²) in [5.41, 5.74) is 3.50. The van der Waals surface area contributed by atoms with Gasteiger partial charge in [0.15, 0.2) is 0 Å². The van der Waals surface area contributed by atoms with Crippen LogP contribution in [0.25, 0.3) is 16.1 Å². The first-order chi connectivity index (χ1) is 15.6. The van der Waals surface area contributed by atoms with Gasteiger partial charge in [0.05, 0.1) is 15.6 Å². The summed E-state index contributed by atoms with van der Waals surface area (Å²) in [7, 11) is 0.